The minimum atomic E-state index is -0.744. The summed E-state index contributed by atoms with van der Waals surface area (Å²) in [6, 6.07) is 0.331. The number of hydrogen-bond acceptors (Lipinski definition) is 4. The maximum absolute atomic E-state index is 11.8. The Morgan fingerprint density at radius 3 is 2.85 bits per heavy atom. The number of likely N-dealkylation sites (N-methyl/N-ethyl adjacent to an activating group) is 1. The molecule has 2 unspecified atom stereocenters. The molecule has 0 amide bonds. The van der Waals surface area contributed by atoms with E-state index in [1.54, 1.807) is 0 Å². The van der Waals surface area contributed by atoms with E-state index in [-0.39, 0.29) is 5.54 Å². The van der Waals surface area contributed by atoms with Crippen molar-refractivity contribution >= 4 is 5.97 Å². The van der Waals surface area contributed by atoms with E-state index < -0.39 is 11.5 Å². The molecule has 2 N–H and O–H groups in total. The Hall–Kier alpha value is -0.650. The van der Waals surface area contributed by atoms with Crippen molar-refractivity contribution in [1.82, 2.24) is 10.2 Å². The van der Waals surface area contributed by atoms with Gasteiger partial charge in [0.25, 0.3) is 0 Å². The van der Waals surface area contributed by atoms with Gasteiger partial charge >= 0.3 is 5.97 Å². The van der Waals surface area contributed by atoms with E-state index in [4.69, 9.17) is 4.74 Å². The van der Waals surface area contributed by atoms with Crippen LogP contribution in [0.4, 0.5) is 0 Å². The smallest absolute Gasteiger partial charge is 0.323 e. The lowest BCUT2D eigenvalue weighted by molar-refractivity contribution is -0.149. The minimum Gasteiger partial charge on any atom is -0.480 e. The van der Waals surface area contributed by atoms with Crippen molar-refractivity contribution in [1.29, 1.82) is 0 Å². The molecule has 0 aromatic heterocycles. The molecule has 2 aliphatic rings. The van der Waals surface area contributed by atoms with E-state index in [1.807, 2.05) is 6.92 Å². The number of carbonyl (C=O) groups is 1. The zero-order valence-corrected chi connectivity index (χ0v) is 12.9. The summed E-state index contributed by atoms with van der Waals surface area (Å²) in [6.45, 7) is 9.44. The number of hydrogen-bond donors (Lipinski definition) is 2. The first-order valence-corrected chi connectivity index (χ1v) is 7.74. The van der Waals surface area contributed by atoms with Gasteiger partial charge in [0.15, 0.2) is 0 Å². The number of nitrogens with one attached hydrogen (secondary N) is 1. The third-order valence-corrected chi connectivity index (χ3v) is 4.80. The molecule has 1 saturated heterocycles. The second-order valence-corrected chi connectivity index (χ2v) is 6.73. The van der Waals surface area contributed by atoms with E-state index in [9.17, 15) is 9.90 Å². The monoisotopic (exact) mass is 284 g/mol. The Balaban J connectivity index is 2.14. The Morgan fingerprint density at radius 1 is 1.50 bits per heavy atom. The highest BCUT2D eigenvalue weighted by atomic mass is 16.5. The SMILES string of the molecule is CCNC1(C(=O)O)CCCC(N2CCOCC2(C)C)C1. The van der Waals surface area contributed by atoms with E-state index in [1.165, 1.54) is 0 Å². The highest BCUT2D eigenvalue weighted by Crippen LogP contribution is 2.35. The number of carboxylic acid groups (broad SMARTS) is 1. The van der Waals surface area contributed by atoms with E-state index in [0.29, 0.717) is 19.0 Å². The summed E-state index contributed by atoms with van der Waals surface area (Å²) < 4.78 is 5.58. The van der Waals surface area contributed by atoms with Gasteiger partial charge < -0.3 is 15.2 Å². The number of morpholine rings is 1. The minimum absolute atomic E-state index is 0.00326. The van der Waals surface area contributed by atoms with Crippen LogP contribution in [-0.4, -0.2) is 59.4 Å². The average molecular weight is 284 g/mol. The van der Waals surface area contributed by atoms with Crippen LogP contribution in [0.1, 0.15) is 46.5 Å². The molecule has 2 fully saturated rings. The maximum Gasteiger partial charge on any atom is 0.323 e. The lowest BCUT2D eigenvalue weighted by Crippen LogP contribution is -2.63. The molecule has 0 bridgehead atoms. The van der Waals surface area contributed by atoms with E-state index in [0.717, 1.165) is 39.0 Å². The Labute approximate surface area is 121 Å². The van der Waals surface area contributed by atoms with Crippen LogP contribution < -0.4 is 5.32 Å². The molecule has 2 rings (SSSR count). The van der Waals surface area contributed by atoms with Gasteiger partial charge in [-0.15, -0.1) is 0 Å². The van der Waals surface area contributed by atoms with Crippen LogP contribution in [0.5, 0.6) is 0 Å². The summed E-state index contributed by atoms with van der Waals surface area (Å²) in [5.74, 6) is -0.699. The van der Waals surface area contributed by atoms with Crippen LogP contribution in [0.2, 0.25) is 0 Å². The Morgan fingerprint density at radius 2 is 2.25 bits per heavy atom. The fourth-order valence-corrected chi connectivity index (χ4v) is 3.83. The molecule has 5 heteroatoms. The molecule has 1 saturated carbocycles. The lowest BCUT2D eigenvalue weighted by Gasteiger charge is -2.50. The molecule has 1 heterocycles. The molecule has 0 aromatic carbocycles. The second kappa shape index (κ2) is 6.00. The van der Waals surface area contributed by atoms with Crippen molar-refractivity contribution in [2.45, 2.75) is 63.6 Å². The van der Waals surface area contributed by atoms with Gasteiger partial charge in [0.1, 0.15) is 5.54 Å². The first kappa shape index (κ1) is 15.7. The van der Waals surface area contributed by atoms with Crippen molar-refractivity contribution < 1.29 is 14.6 Å². The molecule has 2 atom stereocenters. The molecule has 5 nitrogen and oxygen atoms in total. The van der Waals surface area contributed by atoms with Crippen molar-refractivity contribution in [2.24, 2.45) is 0 Å². The highest BCUT2D eigenvalue weighted by molar-refractivity contribution is 5.79. The molecular weight excluding hydrogens is 256 g/mol. The summed E-state index contributed by atoms with van der Waals surface area (Å²) in [4.78, 5) is 14.2. The van der Waals surface area contributed by atoms with Crippen molar-refractivity contribution in [3.05, 3.63) is 0 Å². The highest BCUT2D eigenvalue weighted by Gasteiger charge is 2.46. The second-order valence-electron chi connectivity index (χ2n) is 6.73. The summed E-state index contributed by atoms with van der Waals surface area (Å²) in [6.07, 6.45) is 3.48. The number of ether oxygens (including phenoxy) is 1. The van der Waals surface area contributed by atoms with E-state index in [2.05, 4.69) is 24.1 Å². The quantitative estimate of drug-likeness (QED) is 0.818. The van der Waals surface area contributed by atoms with Crippen molar-refractivity contribution in [3.8, 4) is 0 Å². The molecule has 0 aromatic rings. The van der Waals surface area contributed by atoms with Crippen LogP contribution in [0.3, 0.4) is 0 Å². The molecule has 0 radical (unpaired) electrons. The summed E-state index contributed by atoms with van der Waals surface area (Å²) in [7, 11) is 0. The third-order valence-electron chi connectivity index (χ3n) is 4.80. The van der Waals surface area contributed by atoms with Crippen LogP contribution in [0.25, 0.3) is 0 Å². The molecule has 116 valence electrons. The van der Waals surface area contributed by atoms with Gasteiger partial charge in [0, 0.05) is 18.1 Å². The number of rotatable bonds is 4. The normalized spacial score (nSPS) is 34.9. The Bertz CT molecular complexity index is 355. The first-order chi connectivity index (χ1) is 9.41. The number of carboxylic acids is 1. The van der Waals surface area contributed by atoms with E-state index >= 15 is 0 Å². The molecular formula is C15H28N2O3. The van der Waals surface area contributed by atoms with Crippen LogP contribution in [-0.2, 0) is 9.53 Å². The van der Waals surface area contributed by atoms with Crippen molar-refractivity contribution in [2.75, 3.05) is 26.3 Å². The zero-order valence-electron chi connectivity index (χ0n) is 12.9. The molecule has 20 heavy (non-hydrogen) atoms. The van der Waals surface area contributed by atoms with Gasteiger partial charge in [-0.2, -0.15) is 0 Å². The van der Waals surface area contributed by atoms with Gasteiger partial charge in [-0.25, -0.2) is 0 Å². The molecule has 1 aliphatic heterocycles. The predicted molar refractivity (Wildman–Crippen MR) is 77.9 cm³/mol. The summed E-state index contributed by atoms with van der Waals surface area (Å²) in [5.41, 5.74) is -0.747. The number of nitrogens with zero attached hydrogens (tertiary/aromatic N) is 1. The zero-order chi connectivity index (χ0) is 14.8. The lowest BCUT2D eigenvalue weighted by atomic mass is 9.77. The first-order valence-electron chi connectivity index (χ1n) is 7.74. The third kappa shape index (κ3) is 3.00. The van der Waals surface area contributed by atoms with Gasteiger partial charge in [0.05, 0.1) is 13.2 Å². The van der Waals surface area contributed by atoms with Crippen LogP contribution in [0, 0.1) is 0 Å². The largest absolute Gasteiger partial charge is 0.480 e. The fourth-order valence-electron chi connectivity index (χ4n) is 3.83. The topological polar surface area (TPSA) is 61.8 Å². The predicted octanol–water partition coefficient (Wildman–Crippen LogP) is 1.47. The summed E-state index contributed by atoms with van der Waals surface area (Å²) in [5, 5.41) is 12.9. The molecule has 0 spiro atoms. The summed E-state index contributed by atoms with van der Waals surface area (Å²) >= 11 is 0. The van der Waals surface area contributed by atoms with Gasteiger partial charge in [-0.1, -0.05) is 6.92 Å². The fraction of sp³-hybridized carbons (Fsp3) is 0.933. The maximum atomic E-state index is 11.8. The van der Waals surface area contributed by atoms with Crippen LogP contribution in [0.15, 0.2) is 0 Å². The standard InChI is InChI=1S/C15H28N2O3/c1-4-16-15(13(18)19)7-5-6-12(10-15)17-8-9-20-11-14(17,2)3/h12,16H,4-11H2,1-3H3,(H,18,19). The van der Waals surface area contributed by atoms with Gasteiger partial charge in [-0.05, 0) is 46.1 Å². The van der Waals surface area contributed by atoms with Gasteiger partial charge in [0.2, 0.25) is 0 Å². The number of aliphatic carboxylic acids is 1. The van der Waals surface area contributed by atoms with Crippen LogP contribution >= 0.6 is 0 Å². The van der Waals surface area contributed by atoms with Crippen molar-refractivity contribution in [3.63, 3.8) is 0 Å². The van der Waals surface area contributed by atoms with Gasteiger partial charge in [-0.3, -0.25) is 9.69 Å². The Kier molecular flexibility index (Phi) is 4.72. The average Bonchev–Trinajstić information content (AvgIpc) is 2.38. The molecule has 1 aliphatic carbocycles.